The van der Waals surface area contributed by atoms with Crippen LogP contribution in [0.3, 0.4) is 0 Å². The van der Waals surface area contributed by atoms with E-state index in [2.05, 4.69) is 15.8 Å². The van der Waals surface area contributed by atoms with Crippen LogP contribution in [-0.4, -0.2) is 22.4 Å². The molecule has 124 valence electrons. The average molecular weight is 344 g/mol. The fraction of sp³-hybridized carbons (Fsp3) is 0.188. The molecule has 0 fully saturated rings. The molecule has 3 rings (SSSR count). The molecular formula is C16H16N4O3S. The first-order valence-corrected chi connectivity index (χ1v) is 8.10. The van der Waals surface area contributed by atoms with Crippen LogP contribution in [0.5, 0.6) is 0 Å². The molecule has 2 N–H and O–H groups in total. The zero-order chi connectivity index (χ0) is 17.1. The van der Waals surface area contributed by atoms with Crippen molar-refractivity contribution < 1.29 is 14.0 Å². The molecular weight excluding hydrogens is 328 g/mol. The van der Waals surface area contributed by atoms with E-state index in [1.54, 1.807) is 13.0 Å². The van der Waals surface area contributed by atoms with Gasteiger partial charge in [-0.25, -0.2) is 5.43 Å². The molecule has 7 nitrogen and oxygen atoms in total. The van der Waals surface area contributed by atoms with Crippen molar-refractivity contribution in [3.8, 4) is 0 Å². The Hall–Kier alpha value is -2.87. The monoisotopic (exact) mass is 344 g/mol. The molecule has 3 aromatic rings. The fourth-order valence-electron chi connectivity index (χ4n) is 2.13. The van der Waals surface area contributed by atoms with Crippen molar-refractivity contribution in [1.82, 2.24) is 15.3 Å². The summed E-state index contributed by atoms with van der Waals surface area (Å²) in [5, 5.41) is 6.69. The van der Waals surface area contributed by atoms with Crippen LogP contribution in [0.15, 0.2) is 52.2 Å². The Bertz CT molecular complexity index is 940. The smallest absolute Gasteiger partial charge is 0.287 e. The number of furan rings is 1. The highest BCUT2D eigenvalue weighted by Gasteiger charge is 2.17. The lowest BCUT2D eigenvalue weighted by molar-refractivity contribution is -0.122. The minimum absolute atomic E-state index is 0.155. The third kappa shape index (κ3) is 3.23. The first-order chi connectivity index (χ1) is 11.6. The molecule has 24 heavy (non-hydrogen) atoms. The van der Waals surface area contributed by atoms with E-state index >= 15 is 0 Å². The number of amides is 2. The van der Waals surface area contributed by atoms with Crippen molar-refractivity contribution >= 4 is 33.4 Å². The molecule has 0 radical (unpaired) electrons. The first kappa shape index (κ1) is 16.0. The number of nitrogens with zero attached hydrogens (tertiary/aromatic N) is 2. The van der Waals surface area contributed by atoms with E-state index in [0.29, 0.717) is 4.80 Å². The number of nitrogens with one attached hydrogen (secondary N) is 2. The van der Waals surface area contributed by atoms with Crippen molar-refractivity contribution in [3.63, 3.8) is 0 Å². The largest absolute Gasteiger partial charge is 0.459 e. The van der Waals surface area contributed by atoms with Gasteiger partial charge in [-0.3, -0.25) is 9.59 Å². The van der Waals surface area contributed by atoms with E-state index in [-0.39, 0.29) is 5.76 Å². The second kappa shape index (κ2) is 6.71. The quantitative estimate of drug-likeness (QED) is 0.704. The molecule has 2 aromatic heterocycles. The molecule has 0 bridgehead atoms. The van der Waals surface area contributed by atoms with E-state index in [1.807, 2.05) is 35.9 Å². The number of thiazole rings is 1. The summed E-state index contributed by atoms with van der Waals surface area (Å²) < 4.78 is 7.96. The van der Waals surface area contributed by atoms with Gasteiger partial charge in [0.2, 0.25) is 4.80 Å². The van der Waals surface area contributed by atoms with Gasteiger partial charge in [-0.15, -0.1) is 5.10 Å². The Morgan fingerprint density at radius 2 is 2.04 bits per heavy atom. The predicted molar refractivity (Wildman–Crippen MR) is 90.1 cm³/mol. The van der Waals surface area contributed by atoms with Gasteiger partial charge in [0, 0.05) is 7.05 Å². The van der Waals surface area contributed by atoms with Crippen molar-refractivity contribution in [2.75, 3.05) is 0 Å². The molecule has 0 unspecified atom stereocenters. The number of aryl methyl sites for hydroxylation is 1. The third-order valence-electron chi connectivity index (χ3n) is 3.46. The van der Waals surface area contributed by atoms with Gasteiger partial charge in [0.05, 0.1) is 16.5 Å². The minimum Gasteiger partial charge on any atom is -0.459 e. The van der Waals surface area contributed by atoms with E-state index < -0.39 is 17.9 Å². The van der Waals surface area contributed by atoms with Gasteiger partial charge >= 0.3 is 0 Å². The number of para-hydroxylation sites is 1. The number of hydrogen-bond acceptors (Lipinski definition) is 5. The van der Waals surface area contributed by atoms with Crippen LogP contribution in [0.25, 0.3) is 10.2 Å². The van der Waals surface area contributed by atoms with Crippen molar-refractivity contribution in [2.45, 2.75) is 13.0 Å². The molecule has 0 saturated carbocycles. The van der Waals surface area contributed by atoms with Gasteiger partial charge in [-0.05, 0) is 31.2 Å². The van der Waals surface area contributed by atoms with E-state index in [0.717, 1.165) is 10.2 Å². The molecule has 0 spiro atoms. The zero-order valence-corrected chi connectivity index (χ0v) is 14.0. The standard InChI is InChI=1S/C16H16N4O3S/c1-10(17-15(22)12-7-5-9-23-12)14(21)18-19-16-20(2)11-6-3-4-8-13(11)24-16/h3-10H,1-2H3,(H,17,22)(H,18,21)/t10-/m1/s1. The molecule has 0 aliphatic carbocycles. The number of fused-ring (bicyclic) bond motifs is 1. The summed E-state index contributed by atoms with van der Waals surface area (Å²) in [4.78, 5) is 24.6. The number of aromatic nitrogens is 1. The fourth-order valence-corrected chi connectivity index (χ4v) is 3.11. The summed E-state index contributed by atoms with van der Waals surface area (Å²) in [7, 11) is 1.88. The van der Waals surface area contributed by atoms with Crippen LogP contribution in [0, 0.1) is 0 Å². The first-order valence-electron chi connectivity index (χ1n) is 7.29. The summed E-state index contributed by atoms with van der Waals surface area (Å²) in [6, 6.07) is 10.3. The SMILES string of the molecule is C[C@@H](NC(=O)c1ccco1)C(=O)NN=c1sc2ccccc2n1C. The number of benzene rings is 1. The van der Waals surface area contributed by atoms with Crippen molar-refractivity contribution in [2.24, 2.45) is 12.1 Å². The Labute approximate surface area is 141 Å². The normalized spacial score (nSPS) is 13.0. The number of carbonyl (C=O) groups excluding carboxylic acids is 2. The number of hydrogen-bond donors (Lipinski definition) is 2. The number of carbonyl (C=O) groups is 2. The van der Waals surface area contributed by atoms with Crippen LogP contribution in [0.4, 0.5) is 0 Å². The van der Waals surface area contributed by atoms with Crippen LogP contribution in [0.1, 0.15) is 17.5 Å². The lowest BCUT2D eigenvalue weighted by Crippen LogP contribution is -2.43. The highest BCUT2D eigenvalue weighted by molar-refractivity contribution is 7.16. The summed E-state index contributed by atoms with van der Waals surface area (Å²) in [6.45, 7) is 1.58. The summed E-state index contributed by atoms with van der Waals surface area (Å²) >= 11 is 1.47. The molecule has 0 aliphatic rings. The summed E-state index contributed by atoms with van der Waals surface area (Å²) in [5.41, 5.74) is 3.52. The Morgan fingerprint density at radius 3 is 2.75 bits per heavy atom. The lowest BCUT2D eigenvalue weighted by atomic mass is 10.3. The molecule has 0 aliphatic heterocycles. The second-order valence-corrected chi connectivity index (χ2v) is 6.18. The topological polar surface area (TPSA) is 88.6 Å². The zero-order valence-electron chi connectivity index (χ0n) is 13.1. The highest BCUT2D eigenvalue weighted by atomic mass is 32.1. The molecule has 2 amide bonds. The van der Waals surface area contributed by atoms with E-state index in [1.165, 1.54) is 23.7 Å². The second-order valence-electron chi connectivity index (χ2n) is 5.17. The van der Waals surface area contributed by atoms with Gasteiger partial charge in [0.25, 0.3) is 11.8 Å². The van der Waals surface area contributed by atoms with Crippen LogP contribution in [-0.2, 0) is 11.8 Å². The Kier molecular flexibility index (Phi) is 4.48. The van der Waals surface area contributed by atoms with Crippen LogP contribution >= 0.6 is 11.3 Å². The Morgan fingerprint density at radius 1 is 1.25 bits per heavy atom. The van der Waals surface area contributed by atoms with Gasteiger partial charge in [-0.2, -0.15) is 0 Å². The molecule has 1 atom stereocenters. The van der Waals surface area contributed by atoms with Gasteiger partial charge < -0.3 is 14.3 Å². The van der Waals surface area contributed by atoms with E-state index in [9.17, 15) is 9.59 Å². The summed E-state index contributed by atoms with van der Waals surface area (Å²) in [6.07, 6.45) is 1.40. The Balaban J connectivity index is 1.69. The lowest BCUT2D eigenvalue weighted by Gasteiger charge is -2.10. The average Bonchev–Trinajstić information content (AvgIpc) is 3.21. The molecule has 2 heterocycles. The highest BCUT2D eigenvalue weighted by Crippen LogP contribution is 2.14. The van der Waals surface area contributed by atoms with Gasteiger partial charge in [0.15, 0.2) is 5.76 Å². The molecule has 0 saturated heterocycles. The maximum Gasteiger partial charge on any atom is 0.287 e. The number of rotatable bonds is 4. The summed E-state index contributed by atoms with van der Waals surface area (Å²) in [5.74, 6) is -0.704. The maximum absolute atomic E-state index is 12.1. The van der Waals surface area contributed by atoms with Crippen molar-refractivity contribution in [1.29, 1.82) is 0 Å². The van der Waals surface area contributed by atoms with E-state index in [4.69, 9.17) is 4.42 Å². The molecule has 1 aromatic carbocycles. The van der Waals surface area contributed by atoms with Gasteiger partial charge in [-0.1, -0.05) is 23.5 Å². The predicted octanol–water partition coefficient (Wildman–Crippen LogP) is 1.58. The third-order valence-corrected chi connectivity index (χ3v) is 4.58. The van der Waals surface area contributed by atoms with Crippen LogP contribution < -0.4 is 15.5 Å². The van der Waals surface area contributed by atoms with Gasteiger partial charge in [0.1, 0.15) is 6.04 Å². The maximum atomic E-state index is 12.1. The van der Waals surface area contributed by atoms with Crippen LogP contribution in [0.2, 0.25) is 0 Å². The molecule has 8 heteroatoms. The van der Waals surface area contributed by atoms with Crippen molar-refractivity contribution in [3.05, 3.63) is 53.2 Å². The minimum atomic E-state index is -0.744.